The van der Waals surface area contributed by atoms with Crippen LogP contribution in [0, 0.1) is 5.92 Å². The first-order valence-corrected chi connectivity index (χ1v) is 5.22. The average molecular weight is 210 g/mol. The summed E-state index contributed by atoms with van der Waals surface area (Å²) >= 11 is 0. The van der Waals surface area contributed by atoms with Gasteiger partial charge in [0.05, 0.1) is 0 Å². The Bertz CT molecular complexity index is 283. The first kappa shape index (κ1) is 11.8. The van der Waals surface area contributed by atoms with E-state index < -0.39 is 5.97 Å². The van der Waals surface area contributed by atoms with E-state index in [1.807, 2.05) is 25.4 Å². The Morgan fingerprint density at radius 2 is 2.47 bits per heavy atom. The lowest BCUT2D eigenvalue weighted by atomic mass is 10.1. The number of hydrogen-bond acceptors (Lipinski definition) is 2. The van der Waals surface area contributed by atoms with E-state index in [0.29, 0.717) is 0 Å². The highest BCUT2D eigenvalue weighted by Gasteiger charge is 2.06. The fourth-order valence-electron chi connectivity index (χ4n) is 1.47. The lowest BCUT2D eigenvalue weighted by Crippen LogP contribution is -2.24. The van der Waals surface area contributed by atoms with E-state index in [1.165, 1.54) is 5.56 Å². The van der Waals surface area contributed by atoms with Crippen molar-refractivity contribution in [3.8, 4) is 0 Å². The van der Waals surface area contributed by atoms with Crippen LogP contribution in [-0.2, 0) is 11.2 Å². The maximum absolute atomic E-state index is 10.4. The van der Waals surface area contributed by atoms with Gasteiger partial charge in [0, 0.05) is 18.8 Å². The predicted octanol–water partition coefficient (Wildman–Crippen LogP) is 1.26. The Morgan fingerprint density at radius 1 is 1.67 bits per heavy atom. The molecule has 1 aromatic heterocycles. The number of nitrogens with one attached hydrogen (secondary N) is 2. The predicted molar refractivity (Wildman–Crippen MR) is 58.8 cm³/mol. The molecule has 0 saturated heterocycles. The number of aromatic amines is 1. The van der Waals surface area contributed by atoms with Crippen molar-refractivity contribution in [2.75, 3.05) is 13.1 Å². The second-order valence-electron chi connectivity index (χ2n) is 3.88. The molecule has 0 aliphatic carbocycles. The van der Waals surface area contributed by atoms with Crippen molar-refractivity contribution in [3.63, 3.8) is 0 Å². The molecule has 15 heavy (non-hydrogen) atoms. The zero-order valence-corrected chi connectivity index (χ0v) is 8.99. The number of rotatable bonds is 7. The van der Waals surface area contributed by atoms with E-state index >= 15 is 0 Å². The molecule has 0 bridgehead atoms. The first-order chi connectivity index (χ1) is 7.18. The van der Waals surface area contributed by atoms with Gasteiger partial charge in [-0.1, -0.05) is 6.92 Å². The summed E-state index contributed by atoms with van der Waals surface area (Å²) in [5.74, 6) is -0.538. The molecule has 84 valence electrons. The number of H-pyrrole nitrogens is 1. The summed E-state index contributed by atoms with van der Waals surface area (Å²) in [6.45, 7) is 3.59. The second-order valence-corrected chi connectivity index (χ2v) is 3.88. The minimum Gasteiger partial charge on any atom is -0.481 e. The smallest absolute Gasteiger partial charge is 0.303 e. The maximum atomic E-state index is 10.4. The van der Waals surface area contributed by atoms with Gasteiger partial charge in [0.25, 0.3) is 0 Å². The molecule has 4 heteroatoms. The first-order valence-electron chi connectivity index (χ1n) is 5.22. The minimum absolute atomic E-state index is 0.189. The third kappa shape index (κ3) is 5.22. The summed E-state index contributed by atoms with van der Waals surface area (Å²) in [4.78, 5) is 13.4. The molecule has 4 nitrogen and oxygen atoms in total. The van der Waals surface area contributed by atoms with Gasteiger partial charge in [-0.05, 0) is 37.1 Å². The lowest BCUT2D eigenvalue weighted by molar-refractivity contribution is -0.137. The number of carboxylic acid groups (broad SMARTS) is 1. The molecule has 0 aliphatic rings. The number of aromatic nitrogens is 1. The molecule has 0 aromatic carbocycles. The third-order valence-electron chi connectivity index (χ3n) is 2.27. The topological polar surface area (TPSA) is 65.1 Å². The maximum Gasteiger partial charge on any atom is 0.303 e. The van der Waals surface area contributed by atoms with Crippen molar-refractivity contribution >= 4 is 5.97 Å². The molecule has 0 spiro atoms. The zero-order valence-electron chi connectivity index (χ0n) is 8.99. The highest BCUT2D eigenvalue weighted by Crippen LogP contribution is 2.00. The molecule has 1 atom stereocenters. The SMILES string of the molecule is CC(CNCCc1cc[nH]c1)CC(=O)O. The fraction of sp³-hybridized carbons (Fsp3) is 0.545. The van der Waals surface area contributed by atoms with E-state index in [9.17, 15) is 4.79 Å². The van der Waals surface area contributed by atoms with Crippen LogP contribution in [-0.4, -0.2) is 29.1 Å². The molecule has 1 heterocycles. The van der Waals surface area contributed by atoms with E-state index in [4.69, 9.17) is 5.11 Å². The van der Waals surface area contributed by atoms with Crippen molar-refractivity contribution in [1.82, 2.24) is 10.3 Å². The summed E-state index contributed by atoms with van der Waals surface area (Å²) in [6, 6.07) is 2.04. The van der Waals surface area contributed by atoms with Gasteiger partial charge in [0.2, 0.25) is 0 Å². The van der Waals surface area contributed by atoms with E-state index in [2.05, 4.69) is 10.3 Å². The lowest BCUT2D eigenvalue weighted by Gasteiger charge is -2.09. The molecular formula is C11H18N2O2. The van der Waals surface area contributed by atoms with Crippen LogP contribution in [0.25, 0.3) is 0 Å². The Balaban J connectivity index is 2.04. The molecule has 0 aliphatic heterocycles. The van der Waals surface area contributed by atoms with Crippen molar-refractivity contribution in [2.24, 2.45) is 5.92 Å². The van der Waals surface area contributed by atoms with Gasteiger partial charge in [0.1, 0.15) is 0 Å². The van der Waals surface area contributed by atoms with Gasteiger partial charge in [-0.25, -0.2) is 0 Å². The van der Waals surface area contributed by atoms with E-state index in [-0.39, 0.29) is 12.3 Å². The molecule has 1 aromatic rings. The normalized spacial score (nSPS) is 12.6. The highest BCUT2D eigenvalue weighted by atomic mass is 16.4. The molecule has 0 fully saturated rings. The van der Waals surface area contributed by atoms with Crippen LogP contribution in [0.3, 0.4) is 0 Å². The molecule has 0 saturated carbocycles. The molecule has 3 N–H and O–H groups in total. The van der Waals surface area contributed by atoms with Crippen LogP contribution in [0.15, 0.2) is 18.5 Å². The van der Waals surface area contributed by atoms with Crippen molar-refractivity contribution < 1.29 is 9.90 Å². The van der Waals surface area contributed by atoms with Gasteiger partial charge in [-0.2, -0.15) is 0 Å². The second kappa shape index (κ2) is 6.24. The van der Waals surface area contributed by atoms with Gasteiger partial charge >= 0.3 is 5.97 Å². The molecule has 0 radical (unpaired) electrons. The number of carbonyl (C=O) groups is 1. The summed E-state index contributed by atoms with van der Waals surface area (Å²) in [5.41, 5.74) is 1.27. The summed E-state index contributed by atoms with van der Waals surface area (Å²) < 4.78 is 0. The zero-order chi connectivity index (χ0) is 11.1. The number of aliphatic carboxylic acids is 1. The summed E-state index contributed by atoms with van der Waals surface area (Å²) in [5, 5.41) is 11.8. The largest absolute Gasteiger partial charge is 0.481 e. The number of hydrogen-bond donors (Lipinski definition) is 3. The summed E-state index contributed by atoms with van der Waals surface area (Å²) in [7, 11) is 0. The standard InChI is InChI=1S/C11H18N2O2/c1-9(6-11(14)15)7-12-4-2-10-3-5-13-8-10/h3,5,8-9,12-13H,2,4,6-7H2,1H3,(H,14,15). The number of carboxylic acids is 1. The van der Waals surface area contributed by atoms with Crippen molar-refractivity contribution in [2.45, 2.75) is 19.8 Å². The van der Waals surface area contributed by atoms with E-state index in [1.54, 1.807) is 0 Å². The van der Waals surface area contributed by atoms with Gasteiger partial charge in [-0.15, -0.1) is 0 Å². The Kier molecular flexibility index (Phi) is 4.90. The molecule has 1 rings (SSSR count). The highest BCUT2D eigenvalue weighted by molar-refractivity contribution is 5.66. The van der Waals surface area contributed by atoms with Crippen LogP contribution in [0.1, 0.15) is 18.9 Å². The minimum atomic E-state index is -0.727. The van der Waals surface area contributed by atoms with Crippen molar-refractivity contribution in [3.05, 3.63) is 24.0 Å². The van der Waals surface area contributed by atoms with Gasteiger partial charge < -0.3 is 15.4 Å². The average Bonchev–Trinajstić information content (AvgIpc) is 2.63. The monoisotopic (exact) mass is 210 g/mol. The van der Waals surface area contributed by atoms with Crippen LogP contribution in [0.2, 0.25) is 0 Å². The molecule has 0 amide bonds. The van der Waals surface area contributed by atoms with Gasteiger partial charge in [-0.3, -0.25) is 4.79 Å². The fourth-order valence-corrected chi connectivity index (χ4v) is 1.47. The third-order valence-corrected chi connectivity index (χ3v) is 2.27. The molecule has 1 unspecified atom stereocenters. The van der Waals surface area contributed by atoms with Crippen LogP contribution in [0.5, 0.6) is 0 Å². The summed E-state index contributed by atoms with van der Waals surface area (Å²) in [6.07, 6.45) is 5.09. The Morgan fingerprint density at radius 3 is 3.07 bits per heavy atom. The quantitative estimate of drug-likeness (QED) is 0.593. The van der Waals surface area contributed by atoms with E-state index in [0.717, 1.165) is 19.5 Å². The van der Waals surface area contributed by atoms with Gasteiger partial charge in [0.15, 0.2) is 0 Å². The van der Waals surface area contributed by atoms with Crippen LogP contribution < -0.4 is 5.32 Å². The Labute approximate surface area is 89.7 Å². The van der Waals surface area contributed by atoms with Crippen LogP contribution in [0.4, 0.5) is 0 Å². The van der Waals surface area contributed by atoms with Crippen LogP contribution >= 0.6 is 0 Å². The van der Waals surface area contributed by atoms with Crippen molar-refractivity contribution in [1.29, 1.82) is 0 Å². The molecular weight excluding hydrogens is 192 g/mol. The Hall–Kier alpha value is -1.29.